The van der Waals surface area contributed by atoms with Gasteiger partial charge in [-0.2, -0.15) is 13.2 Å². The molecule has 1 amide bonds. The topological polar surface area (TPSA) is 62.2 Å². The van der Waals surface area contributed by atoms with Gasteiger partial charge in [0, 0.05) is 11.8 Å². The zero-order valence-electron chi connectivity index (χ0n) is 15.8. The Balaban J connectivity index is 2.02. The number of amides is 1. The molecule has 3 rings (SSSR count). The molecule has 1 heterocycles. The van der Waals surface area contributed by atoms with Crippen LogP contribution in [-0.4, -0.2) is 27.8 Å². The number of nitrogens with zero attached hydrogens (tertiary/aromatic N) is 1. The summed E-state index contributed by atoms with van der Waals surface area (Å²) >= 11 is 5.72. The second kappa shape index (κ2) is 8.66. The first-order valence-corrected chi connectivity index (χ1v) is 9.65. The summed E-state index contributed by atoms with van der Waals surface area (Å²) in [5.41, 5.74) is -4.42. The van der Waals surface area contributed by atoms with Crippen LogP contribution < -0.4 is 5.32 Å². The lowest BCUT2D eigenvalue weighted by atomic mass is 9.76. The maximum atomic E-state index is 14.5. The highest BCUT2D eigenvalue weighted by molar-refractivity contribution is 6.34. The van der Waals surface area contributed by atoms with Crippen molar-refractivity contribution in [1.29, 1.82) is 0 Å². The number of nitrogens with one attached hydrogen (secondary N) is 1. The minimum atomic E-state index is -4.86. The summed E-state index contributed by atoms with van der Waals surface area (Å²) in [4.78, 5) is 16.3. The summed E-state index contributed by atoms with van der Waals surface area (Å²) in [6, 6.07) is 2.08. The second-order valence-corrected chi connectivity index (χ2v) is 7.72. The third kappa shape index (κ3) is 4.79. The number of halogens is 7. The van der Waals surface area contributed by atoms with E-state index in [2.05, 4.69) is 10.3 Å². The molecule has 168 valence electrons. The fourth-order valence-electron chi connectivity index (χ4n) is 3.64. The van der Waals surface area contributed by atoms with Gasteiger partial charge in [-0.05, 0) is 37.8 Å². The van der Waals surface area contributed by atoms with Gasteiger partial charge in [0.05, 0.1) is 22.2 Å². The molecule has 31 heavy (non-hydrogen) atoms. The Hall–Kier alpha value is -2.33. The molecule has 2 aromatic rings. The molecule has 0 aliphatic heterocycles. The summed E-state index contributed by atoms with van der Waals surface area (Å²) in [5.74, 6) is -3.85. The molecule has 1 saturated carbocycles. The summed E-state index contributed by atoms with van der Waals surface area (Å²) in [6.07, 6.45) is -5.93. The number of carbonyl (C=O) groups excluding carboxylic acids is 1. The Morgan fingerprint density at radius 1 is 1.23 bits per heavy atom. The Morgan fingerprint density at radius 3 is 2.48 bits per heavy atom. The van der Waals surface area contributed by atoms with E-state index in [0.717, 1.165) is 24.4 Å². The van der Waals surface area contributed by atoms with Crippen molar-refractivity contribution in [3.05, 3.63) is 63.9 Å². The van der Waals surface area contributed by atoms with Gasteiger partial charge in [-0.3, -0.25) is 4.79 Å². The first kappa shape index (κ1) is 23.3. The van der Waals surface area contributed by atoms with Crippen LogP contribution in [0.25, 0.3) is 0 Å². The fraction of sp³-hybridized carbons (Fsp3) is 0.400. The van der Waals surface area contributed by atoms with Gasteiger partial charge in [0.25, 0.3) is 5.91 Å². The van der Waals surface area contributed by atoms with Crippen LogP contribution >= 0.6 is 11.6 Å². The number of aliphatic hydroxyl groups is 1. The predicted molar refractivity (Wildman–Crippen MR) is 99.1 cm³/mol. The lowest BCUT2D eigenvalue weighted by Gasteiger charge is -2.40. The molecule has 2 N–H and O–H groups in total. The van der Waals surface area contributed by atoms with E-state index in [1.165, 1.54) is 0 Å². The van der Waals surface area contributed by atoms with Crippen molar-refractivity contribution in [2.75, 3.05) is 0 Å². The molecule has 1 aliphatic rings. The Bertz CT molecular complexity index is 977. The van der Waals surface area contributed by atoms with Gasteiger partial charge in [-0.15, -0.1) is 0 Å². The minimum absolute atomic E-state index is 0.0949. The van der Waals surface area contributed by atoms with Gasteiger partial charge in [-0.1, -0.05) is 23.7 Å². The molecule has 1 aromatic heterocycles. The maximum Gasteiger partial charge on any atom is 0.417 e. The van der Waals surface area contributed by atoms with E-state index >= 15 is 0 Å². The van der Waals surface area contributed by atoms with Crippen LogP contribution in [0.3, 0.4) is 0 Å². The smallest absolute Gasteiger partial charge is 0.387 e. The van der Waals surface area contributed by atoms with E-state index in [-0.39, 0.29) is 25.7 Å². The first-order chi connectivity index (χ1) is 14.4. The highest BCUT2D eigenvalue weighted by Gasteiger charge is 2.44. The number of hydrogen-bond acceptors (Lipinski definition) is 3. The van der Waals surface area contributed by atoms with Crippen LogP contribution in [0.2, 0.25) is 5.02 Å². The number of pyridine rings is 1. The highest BCUT2D eigenvalue weighted by atomic mass is 35.5. The van der Waals surface area contributed by atoms with Crippen molar-refractivity contribution in [1.82, 2.24) is 10.3 Å². The van der Waals surface area contributed by atoms with E-state index in [9.17, 15) is 36.2 Å². The minimum Gasteiger partial charge on any atom is -0.387 e. The largest absolute Gasteiger partial charge is 0.417 e. The van der Waals surface area contributed by atoms with Gasteiger partial charge in [-0.25, -0.2) is 18.2 Å². The Morgan fingerprint density at radius 2 is 1.87 bits per heavy atom. The number of benzene rings is 1. The van der Waals surface area contributed by atoms with Crippen LogP contribution in [0.4, 0.5) is 26.3 Å². The lowest BCUT2D eigenvalue weighted by Crippen LogP contribution is -2.49. The quantitative estimate of drug-likeness (QED) is 0.613. The second-order valence-electron chi connectivity index (χ2n) is 7.35. The lowest BCUT2D eigenvalue weighted by molar-refractivity contribution is -0.137. The number of carbonyl (C=O) groups is 1. The monoisotopic (exact) mass is 466 g/mol. The van der Waals surface area contributed by atoms with E-state index in [1.54, 1.807) is 0 Å². The number of alkyl halides is 4. The summed E-state index contributed by atoms with van der Waals surface area (Å²) in [5, 5.41) is 12.3. The zero-order chi connectivity index (χ0) is 23.0. The normalized spacial score (nSPS) is 22.8. The highest BCUT2D eigenvalue weighted by Crippen LogP contribution is 2.41. The number of hydrogen-bond donors (Lipinski definition) is 2. The van der Waals surface area contributed by atoms with Gasteiger partial charge >= 0.3 is 6.18 Å². The number of rotatable bonds is 4. The Labute approximate surface area is 178 Å². The van der Waals surface area contributed by atoms with Crippen LogP contribution in [0.15, 0.2) is 30.5 Å². The average molecular weight is 467 g/mol. The summed E-state index contributed by atoms with van der Waals surface area (Å²) in [7, 11) is 0. The van der Waals surface area contributed by atoms with Crippen molar-refractivity contribution in [2.45, 2.75) is 49.7 Å². The van der Waals surface area contributed by atoms with Crippen molar-refractivity contribution in [3.8, 4) is 0 Å². The standard InChI is InChI=1S/C20H17ClF6N2O2/c21-14-12(20(25,26)27)6-9-28-16(14)18(30)29-17(11-2-1-3-13(23)15(11)24)19(31)7-4-10(22)5-8-19/h1-3,6,9-10,17,31H,4-5,7-8H2,(H,29,30). The van der Waals surface area contributed by atoms with Crippen molar-refractivity contribution in [3.63, 3.8) is 0 Å². The predicted octanol–water partition coefficient (Wildman–Crippen LogP) is 5.15. The molecule has 1 atom stereocenters. The Kier molecular flexibility index (Phi) is 6.52. The van der Waals surface area contributed by atoms with Crippen LogP contribution in [0.1, 0.15) is 53.3 Å². The van der Waals surface area contributed by atoms with E-state index in [4.69, 9.17) is 11.6 Å². The van der Waals surface area contributed by atoms with Gasteiger partial charge in [0.15, 0.2) is 11.6 Å². The maximum absolute atomic E-state index is 14.5. The molecule has 11 heteroatoms. The molecule has 0 bridgehead atoms. The molecular formula is C20H17ClF6N2O2. The molecule has 1 fully saturated rings. The average Bonchev–Trinajstić information content (AvgIpc) is 2.70. The van der Waals surface area contributed by atoms with E-state index in [1.807, 2.05) is 0 Å². The van der Waals surface area contributed by atoms with Crippen LogP contribution in [0.5, 0.6) is 0 Å². The summed E-state index contributed by atoms with van der Waals surface area (Å²) < 4.78 is 81.2. The van der Waals surface area contributed by atoms with Crippen LogP contribution in [0, 0.1) is 11.6 Å². The van der Waals surface area contributed by atoms with Gasteiger partial charge in [0.2, 0.25) is 0 Å². The van der Waals surface area contributed by atoms with Gasteiger partial charge < -0.3 is 10.4 Å². The fourth-order valence-corrected chi connectivity index (χ4v) is 3.94. The number of aromatic nitrogens is 1. The zero-order valence-corrected chi connectivity index (χ0v) is 16.6. The molecule has 1 aromatic carbocycles. The van der Waals surface area contributed by atoms with Crippen molar-refractivity contribution >= 4 is 17.5 Å². The molecule has 1 aliphatic carbocycles. The molecule has 0 saturated heterocycles. The van der Waals surface area contributed by atoms with Gasteiger partial charge in [0.1, 0.15) is 11.9 Å². The molecule has 4 nitrogen and oxygen atoms in total. The van der Waals surface area contributed by atoms with Crippen LogP contribution in [-0.2, 0) is 6.18 Å². The van der Waals surface area contributed by atoms with E-state index in [0.29, 0.717) is 6.07 Å². The summed E-state index contributed by atoms with van der Waals surface area (Å²) in [6.45, 7) is 0. The molecular weight excluding hydrogens is 450 g/mol. The first-order valence-electron chi connectivity index (χ1n) is 9.27. The molecule has 1 unspecified atom stereocenters. The van der Waals surface area contributed by atoms with E-state index < -0.39 is 63.4 Å². The third-order valence-corrected chi connectivity index (χ3v) is 5.68. The van der Waals surface area contributed by atoms with Crippen molar-refractivity contribution in [2.24, 2.45) is 0 Å². The third-order valence-electron chi connectivity index (χ3n) is 5.30. The molecule has 0 radical (unpaired) electrons. The van der Waals surface area contributed by atoms with Crippen molar-refractivity contribution < 1.29 is 36.2 Å². The molecule has 0 spiro atoms. The SMILES string of the molecule is O=C(NC(c1cccc(F)c1F)C1(O)CCC(F)CC1)c1nccc(C(F)(F)F)c1Cl.